The molecule has 0 aromatic carbocycles. The lowest BCUT2D eigenvalue weighted by Crippen LogP contribution is -2.51. The molecule has 9 heteroatoms. The van der Waals surface area contributed by atoms with E-state index in [9.17, 15) is 13.2 Å². The molecule has 2 heterocycles. The van der Waals surface area contributed by atoms with E-state index in [1.807, 2.05) is 0 Å². The fraction of sp³-hybridized carbons (Fsp3) is 0.583. The van der Waals surface area contributed by atoms with Crippen molar-refractivity contribution in [2.75, 3.05) is 39.9 Å². The van der Waals surface area contributed by atoms with Crippen LogP contribution in [0.3, 0.4) is 0 Å². The molecule has 0 spiro atoms. The molecule has 1 aliphatic heterocycles. The number of halogens is 1. The molecular formula is C12H17BrN2O4S2. The van der Waals surface area contributed by atoms with E-state index < -0.39 is 10.0 Å². The SMILES string of the molecule is COCC(=O)N1CCN(S(=O)(=O)c2cc(Br)sc2C)CC1. The molecule has 6 nitrogen and oxygen atoms in total. The van der Waals surface area contributed by atoms with Crippen molar-refractivity contribution in [3.05, 3.63) is 14.7 Å². The summed E-state index contributed by atoms with van der Waals surface area (Å²) in [6.07, 6.45) is 0. The van der Waals surface area contributed by atoms with Gasteiger partial charge in [-0.25, -0.2) is 8.42 Å². The summed E-state index contributed by atoms with van der Waals surface area (Å²) in [5, 5.41) is 0. The van der Waals surface area contributed by atoms with Crippen molar-refractivity contribution in [1.82, 2.24) is 9.21 Å². The van der Waals surface area contributed by atoms with Crippen molar-refractivity contribution >= 4 is 43.2 Å². The highest BCUT2D eigenvalue weighted by atomic mass is 79.9. The van der Waals surface area contributed by atoms with Crippen LogP contribution >= 0.6 is 27.3 Å². The van der Waals surface area contributed by atoms with Crippen LogP contribution in [0.25, 0.3) is 0 Å². The van der Waals surface area contributed by atoms with Crippen LogP contribution in [-0.4, -0.2) is 63.4 Å². The van der Waals surface area contributed by atoms with E-state index in [4.69, 9.17) is 4.74 Å². The van der Waals surface area contributed by atoms with Gasteiger partial charge >= 0.3 is 0 Å². The molecule has 1 aromatic heterocycles. The van der Waals surface area contributed by atoms with E-state index in [1.54, 1.807) is 17.9 Å². The van der Waals surface area contributed by atoms with Crippen molar-refractivity contribution in [3.63, 3.8) is 0 Å². The zero-order chi connectivity index (χ0) is 15.6. The number of piperazine rings is 1. The van der Waals surface area contributed by atoms with Gasteiger partial charge in [0.25, 0.3) is 0 Å². The maximum absolute atomic E-state index is 12.6. The smallest absolute Gasteiger partial charge is 0.248 e. The number of ether oxygens (including phenoxy) is 1. The third-order valence-electron chi connectivity index (χ3n) is 3.32. The standard InChI is InChI=1S/C12H17BrN2O4S2/c1-9-10(7-11(13)20-9)21(17,18)15-5-3-14(4-6-15)12(16)8-19-2/h7H,3-6,8H2,1-2H3. The topological polar surface area (TPSA) is 66.9 Å². The molecule has 0 N–H and O–H groups in total. The Bertz CT molecular complexity index is 621. The van der Waals surface area contributed by atoms with Gasteiger partial charge in [-0.15, -0.1) is 11.3 Å². The Hall–Kier alpha value is -0.480. The first-order chi connectivity index (χ1) is 9.86. The molecule has 0 atom stereocenters. The first kappa shape index (κ1) is 16.9. The molecule has 21 heavy (non-hydrogen) atoms. The largest absolute Gasteiger partial charge is 0.375 e. The lowest BCUT2D eigenvalue weighted by Gasteiger charge is -2.33. The summed E-state index contributed by atoms with van der Waals surface area (Å²) in [5.74, 6) is -0.107. The van der Waals surface area contributed by atoms with Gasteiger partial charge in [0.15, 0.2) is 0 Å². The third kappa shape index (κ3) is 3.65. The first-order valence-corrected chi connectivity index (χ1v) is 9.44. The number of nitrogens with zero attached hydrogens (tertiary/aromatic N) is 2. The number of thiophene rings is 1. The van der Waals surface area contributed by atoms with E-state index >= 15 is 0 Å². The number of methoxy groups -OCH3 is 1. The highest BCUT2D eigenvalue weighted by Gasteiger charge is 2.31. The minimum absolute atomic E-state index is 0.0311. The lowest BCUT2D eigenvalue weighted by atomic mass is 10.3. The molecule has 118 valence electrons. The minimum Gasteiger partial charge on any atom is -0.375 e. The molecule has 1 fully saturated rings. The fourth-order valence-electron chi connectivity index (χ4n) is 2.22. The Labute approximate surface area is 136 Å². The highest BCUT2D eigenvalue weighted by Crippen LogP contribution is 2.31. The monoisotopic (exact) mass is 396 g/mol. The first-order valence-electron chi connectivity index (χ1n) is 6.39. The number of aryl methyl sites for hydroxylation is 1. The van der Waals surface area contributed by atoms with Crippen molar-refractivity contribution in [2.45, 2.75) is 11.8 Å². The summed E-state index contributed by atoms with van der Waals surface area (Å²) < 4.78 is 32.3. The van der Waals surface area contributed by atoms with Crippen molar-refractivity contribution in [2.24, 2.45) is 0 Å². The van der Waals surface area contributed by atoms with Crippen LogP contribution in [0.15, 0.2) is 14.7 Å². The number of rotatable bonds is 4. The van der Waals surface area contributed by atoms with Crippen LogP contribution < -0.4 is 0 Å². The average Bonchev–Trinajstić information content (AvgIpc) is 2.79. The van der Waals surface area contributed by atoms with E-state index in [2.05, 4.69) is 15.9 Å². The highest BCUT2D eigenvalue weighted by molar-refractivity contribution is 9.11. The lowest BCUT2D eigenvalue weighted by molar-refractivity contribution is -0.136. The van der Waals surface area contributed by atoms with Gasteiger partial charge in [-0.05, 0) is 28.9 Å². The van der Waals surface area contributed by atoms with Gasteiger partial charge in [-0.1, -0.05) is 0 Å². The summed E-state index contributed by atoms with van der Waals surface area (Å²) in [6, 6.07) is 1.64. The molecule has 1 aliphatic rings. The predicted octanol–water partition coefficient (Wildman–Crippen LogP) is 1.30. The van der Waals surface area contributed by atoms with Crippen molar-refractivity contribution in [1.29, 1.82) is 0 Å². The molecule has 0 saturated carbocycles. The summed E-state index contributed by atoms with van der Waals surface area (Å²) in [6.45, 7) is 3.23. The minimum atomic E-state index is -3.49. The molecule has 2 rings (SSSR count). The van der Waals surface area contributed by atoms with Crippen LogP contribution in [-0.2, 0) is 19.6 Å². The van der Waals surface area contributed by atoms with Gasteiger partial charge < -0.3 is 9.64 Å². The molecule has 1 amide bonds. The number of sulfonamides is 1. The normalized spacial score (nSPS) is 17.2. The second-order valence-electron chi connectivity index (χ2n) is 4.69. The fourth-order valence-corrected chi connectivity index (χ4v) is 6.02. The molecular weight excluding hydrogens is 380 g/mol. The Balaban J connectivity index is 2.08. The Morgan fingerprint density at radius 2 is 2.00 bits per heavy atom. The molecule has 1 aromatic rings. The van der Waals surface area contributed by atoms with Crippen molar-refractivity contribution < 1.29 is 17.9 Å². The van der Waals surface area contributed by atoms with Crippen LogP contribution in [0.2, 0.25) is 0 Å². The van der Waals surface area contributed by atoms with Crippen LogP contribution in [0.4, 0.5) is 0 Å². The number of amides is 1. The number of carbonyl (C=O) groups excluding carboxylic acids is 1. The average molecular weight is 397 g/mol. The van der Waals surface area contributed by atoms with Gasteiger partial charge in [0.05, 0.1) is 8.68 Å². The van der Waals surface area contributed by atoms with E-state index in [0.717, 1.165) is 8.66 Å². The van der Waals surface area contributed by atoms with Gasteiger partial charge in [0.2, 0.25) is 15.9 Å². The Morgan fingerprint density at radius 3 is 2.48 bits per heavy atom. The molecule has 0 radical (unpaired) electrons. The number of hydrogen-bond donors (Lipinski definition) is 0. The molecule has 1 saturated heterocycles. The molecule has 0 unspecified atom stereocenters. The summed E-state index contributed by atoms with van der Waals surface area (Å²) >= 11 is 4.72. The van der Waals surface area contributed by atoms with Crippen LogP contribution in [0, 0.1) is 6.92 Å². The zero-order valence-electron chi connectivity index (χ0n) is 11.8. The summed E-state index contributed by atoms with van der Waals surface area (Å²) in [5.41, 5.74) is 0. The summed E-state index contributed by atoms with van der Waals surface area (Å²) in [7, 11) is -2.02. The zero-order valence-corrected chi connectivity index (χ0v) is 15.1. The molecule has 0 aliphatic carbocycles. The second kappa shape index (κ2) is 6.74. The van der Waals surface area contributed by atoms with E-state index in [0.29, 0.717) is 31.1 Å². The van der Waals surface area contributed by atoms with E-state index in [1.165, 1.54) is 22.8 Å². The van der Waals surface area contributed by atoms with Gasteiger partial charge in [0, 0.05) is 38.2 Å². The van der Waals surface area contributed by atoms with Gasteiger partial charge in [-0.3, -0.25) is 4.79 Å². The van der Waals surface area contributed by atoms with Gasteiger partial charge in [0.1, 0.15) is 6.61 Å². The maximum atomic E-state index is 12.6. The Morgan fingerprint density at radius 1 is 1.38 bits per heavy atom. The van der Waals surface area contributed by atoms with Crippen molar-refractivity contribution in [3.8, 4) is 0 Å². The summed E-state index contributed by atoms with van der Waals surface area (Å²) in [4.78, 5) is 14.4. The second-order valence-corrected chi connectivity index (χ2v) is 9.23. The maximum Gasteiger partial charge on any atom is 0.248 e. The van der Waals surface area contributed by atoms with Gasteiger partial charge in [-0.2, -0.15) is 4.31 Å². The van der Waals surface area contributed by atoms with E-state index in [-0.39, 0.29) is 12.5 Å². The number of carbonyl (C=O) groups is 1. The van der Waals surface area contributed by atoms with Crippen LogP contribution in [0.5, 0.6) is 0 Å². The third-order valence-corrected chi connectivity index (χ3v) is 7.03. The van der Waals surface area contributed by atoms with Crippen LogP contribution in [0.1, 0.15) is 4.88 Å². The number of hydrogen-bond acceptors (Lipinski definition) is 5. The predicted molar refractivity (Wildman–Crippen MR) is 84.0 cm³/mol. The Kier molecular flexibility index (Phi) is 5.42. The quantitative estimate of drug-likeness (QED) is 0.768. The molecule has 0 bridgehead atoms.